The summed E-state index contributed by atoms with van der Waals surface area (Å²) >= 11 is 3.19. The molecule has 1 heterocycles. The van der Waals surface area contributed by atoms with Gasteiger partial charge in [-0.05, 0) is 35.0 Å². The molecule has 0 spiro atoms. The molecule has 1 rings (SSSR count). The Kier molecular flexibility index (Phi) is 4.14. The van der Waals surface area contributed by atoms with Crippen LogP contribution >= 0.6 is 15.9 Å². The van der Waals surface area contributed by atoms with E-state index in [0.29, 0.717) is 16.7 Å². The van der Waals surface area contributed by atoms with E-state index < -0.39 is 0 Å². The summed E-state index contributed by atoms with van der Waals surface area (Å²) in [6, 6.07) is 3.42. The summed E-state index contributed by atoms with van der Waals surface area (Å²) in [5, 5.41) is 2.65. The fraction of sp³-hybridized carbons (Fsp3) is 0.200. The SMILES string of the molecule is CC#CCNC(=O)c1ccc(Br)nc1. The number of halogens is 1. The minimum atomic E-state index is -0.159. The highest BCUT2D eigenvalue weighted by Crippen LogP contribution is 2.05. The maximum atomic E-state index is 11.4. The molecule has 0 unspecified atom stereocenters. The van der Waals surface area contributed by atoms with Crippen molar-refractivity contribution in [2.24, 2.45) is 0 Å². The number of rotatable bonds is 2. The molecule has 14 heavy (non-hydrogen) atoms. The van der Waals surface area contributed by atoms with Crippen LogP contribution in [0.1, 0.15) is 17.3 Å². The molecular formula is C10H9BrN2O. The van der Waals surface area contributed by atoms with Gasteiger partial charge in [-0.25, -0.2) is 4.98 Å². The van der Waals surface area contributed by atoms with Crippen LogP contribution in [0.15, 0.2) is 22.9 Å². The molecule has 0 aliphatic rings. The van der Waals surface area contributed by atoms with Crippen molar-refractivity contribution in [2.75, 3.05) is 6.54 Å². The second-order valence-electron chi connectivity index (χ2n) is 2.48. The average Bonchev–Trinajstić information content (AvgIpc) is 2.19. The minimum Gasteiger partial charge on any atom is -0.341 e. The lowest BCUT2D eigenvalue weighted by Gasteiger charge is -2.00. The van der Waals surface area contributed by atoms with Crippen molar-refractivity contribution in [1.82, 2.24) is 10.3 Å². The fourth-order valence-electron chi connectivity index (χ4n) is 0.825. The predicted molar refractivity (Wildman–Crippen MR) is 57.7 cm³/mol. The van der Waals surface area contributed by atoms with Gasteiger partial charge >= 0.3 is 0 Å². The van der Waals surface area contributed by atoms with E-state index in [0.717, 1.165) is 0 Å². The third-order valence-corrected chi connectivity index (χ3v) is 1.97. The second kappa shape index (κ2) is 5.40. The van der Waals surface area contributed by atoms with Crippen LogP contribution in [0.3, 0.4) is 0 Å². The molecule has 0 aliphatic heterocycles. The van der Waals surface area contributed by atoms with Gasteiger partial charge in [0.15, 0.2) is 0 Å². The van der Waals surface area contributed by atoms with E-state index in [1.54, 1.807) is 19.1 Å². The van der Waals surface area contributed by atoms with Gasteiger partial charge in [-0.2, -0.15) is 0 Å². The first kappa shape index (κ1) is 10.7. The first-order valence-electron chi connectivity index (χ1n) is 4.03. The highest BCUT2D eigenvalue weighted by Gasteiger charge is 2.03. The molecule has 0 radical (unpaired) electrons. The number of nitrogens with zero attached hydrogens (tertiary/aromatic N) is 1. The van der Waals surface area contributed by atoms with Gasteiger partial charge in [0, 0.05) is 6.20 Å². The third kappa shape index (κ3) is 3.19. The number of carbonyl (C=O) groups excluding carboxylic acids is 1. The van der Waals surface area contributed by atoms with Crippen LogP contribution in [-0.2, 0) is 0 Å². The first-order chi connectivity index (χ1) is 6.74. The summed E-state index contributed by atoms with van der Waals surface area (Å²) in [4.78, 5) is 15.3. The number of aromatic nitrogens is 1. The lowest BCUT2D eigenvalue weighted by atomic mass is 10.3. The number of hydrogen-bond donors (Lipinski definition) is 1. The van der Waals surface area contributed by atoms with Gasteiger partial charge < -0.3 is 5.32 Å². The third-order valence-electron chi connectivity index (χ3n) is 1.50. The van der Waals surface area contributed by atoms with Crippen molar-refractivity contribution < 1.29 is 4.79 Å². The van der Waals surface area contributed by atoms with Crippen LogP contribution in [0.25, 0.3) is 0 Å². The highest BCUT2D eigenvalue weighted by atomic mass is 79.9. The number of amides is 1. The van der Waals surface area contributed by atoms with E-state index in [9.17, 15) is 4.79 Å². The Balaban J connectivity index is 2.59. The van der Waals surface area contributed by atoms with Crippen molar-refractivity contribution >= 4 is 21.8 Å². The highest BCUT2D eigenvalue weighted by molar-refractivity contribution is 9.10. The monoisotopic (exact) mass is 252 g/mol. The second-order valence-corrected chi connectivity index (χ2v) is 3.29. The molecule has 1 aromatic heterocycles. The normalized spacial score (nSPS) is 8.71. The number of nitrogens with one attached hydrogen (secondary N) is 1. The van der Waals surface area contributed by atoms with Crippen molar-refractivity contribution in [3.63, 3.8) is 0 Å². The summed E-state index contributed by atoms with van der Waals surface area (Å²) < 4.78 is 0.711. The topological polar surface area (TPSA) is 42.0 Å². The molecule has 4 heteroatoms. The lowest BCUT2D eigenvalue weighted by molar-refractivity contribution is 0.0958. The van der Waals surface area contributed by atoms with Crippen LogP contribution < -0.4 is 5.32 Å². The largest absolute Gasteiger partial charge is 0.341 e. The van der Waals surface area contributed by atoms with Crippen LogP contribution in [0.5, 0.6) is 0 Å². The molecule has 1 N–H and O–H groups in total. The molecule has 0 aliphatic carbocycles. The van der Waals surface area contributed by atoms with Crippen LogP contribution in [0.4, 0.5) is 0 Å². The maximum absolute atomic E-state index is 11.4. The fourth-order valence-corrected chi connectivity index (χ4v) is 1.06. The summed E-state index contributed by atoms with van der Waals surface area (Å²) in [5.74, 6) is 5.28. The van der Waals surface area contributed by atoms with Crippen molar-refractivity contribution in [1.29, 1.82) is 0 Å². The zero-order chi connectivity index (χ0) is 10.4. The van der Waals surface area contributed by atoms with Gasteiger partial charge in [0.2, 0.25) is 0 Å². The summed E-state index contributed by atoms with van der Waals surface area (Å²) in [6.07, 6.45) is 1.51. The van der Waals surface area contributed by atoms with Crippen LogP contribution in [0, 0.1) is 11.8 Å². The Morgan fingerprint density at radius 2 is 2.43 bits per heavy atom. The van der Waals surface area contributed by atoms with Gasteiger partial charge in [0.05, 0.1) is 12.1 Å². The Morgan fingerprint density at radius 3 is 3.00 bits per heavy atom. The van der Waals surface area contributed by atoms with Gasteiger partial charge in [0.1, 0.15) is 4.60 Å². The summed E-state index contributed by atoms with van der Waals surface area (Å²) in [5.41, 5.74) is 0.533. The Bertz CT molecular complexity index is 375. The van der Waals surface area contributed by atoms with E-state index in [1.165, 1.54) is 6.20 Å². The number of hydrogen-bond acceptors (Lipinski definition) is 2. The molecule has 1 aromatic rings. The molecule has 0 fully saturated rings. The van der Waals surface area contributed by atoms with Gasteiger partial charge in [0.25, 0.3) is 5.91 Å². The van der Waals surface area contributed by atoms with Gasteiger partial charge in [-0.15, -0.1) is 5.92 Å². The molecule has 0 aromatic carbocycles. The smallest absolute Gasteiger partial charge is 0.253 e. The minimum absolute atomic E-state index is 0.159. The van der Waals surface area contributed by atoms with Gasteiger partial charge in [-0.3, -0.25) is 4.79 Å². The lowest BCUT2D eigenvalue weighted by Crippen LogP contribution is -2.23. The van der Waals surface area contributed by atoms with E-state index >= 15 is 0 Å². The Morgan fingerprint density at radius 1 is 1.64 bits per heavy atom. The van der Waals surface area contributed by atoms with Crippen molar-refractivity contribution in [3.8, 4) is 11.8 Å². The number of pyridine rings is 1. The molecule has 0 atom stereocenters. The summed E-state index contributed by atoms with van der Waals surface area (Å²) in [6.45, 7) is 2.10. The van der Waals surface area contributed by atoms with E-state index in [-0.39, 0.29) is 5.91 Å². The standard InChI is InChI=1S/C10H9BrN2O/c1-2-3-6-12-10(14)8-4-5-9(11)13-7-8/h4-5,7H,6H2,1H3,(H,12,14). The van der Waals surface area contributed by atoms with E-state index in [1.807, 2.05) is 0 Å². The molecule has 0 bridgehead atoms. The van der Waals surface area contributed by atoms with Crippen LogP contribution in [-0.4, -0.2) is 17.4 Å². The Hall–Kier alpha value is -1.34. The molecule has 0 saturated carbocycles. The first-order valence-corrected chi connectivity index (χ1v) is 4.82. The van der Waals surface area contributed by atoms with E-state index in [4.69, 9.17) is 0 Å². The number of carbonyl (C=O) groups is 1. The molecular weight excluding hydrogens is 244 g/mol. The molecule has 1 amide bonds. The maximum Gasteiger partial charge on any atom is 0.253 e. The predicted octanol–water partition coefficient (Wildman–Crippen LogP) is 1.60. The molecule has 3 nitrogen and oxygen atoms in total. The summed E-state index contributed by atoms with van der Waals surface area (Å²) in [7, 11) is 0. The van der Waals surface area contributed by atoms with Crippen molar-refractivity contribution in [2.45, 2.75) is 6.92 Å². The van der Waals surface area contributed by atoms with Crippen molar-refractivity contribution in [3.05, 3.63) is 28.5 Å². The zero-order valence-electron chi connectivity index (χ0n) is 7.67. The quantitative estimate of drug-likeness (QED) is 0.642. The average molecular weight is 253 g/mol. The zero-order valence-corrected chi connectivity index (χ0v) is 9.26. The molecule has 0 saturated heterocycles. The van der Waals surface area contributed by atoms with E-state index in [2.05, 4.69) is 38.1 Å². The van der Waals surface area contributed by atoms with Crippen LogP contribution in [0.2, 0.25) is 0 Å². The molecule has 72 valence electrons. The van der Waals surface area contributed by atoms with Gasteiger partial charge in [-0.1, -0.05) is 5.92 Å². The Labute approximate surface area is 91.1 Å².